The van der Waals surface area contributed by atoms with Gasteiger partial charge in [-0.05, 0) is 12.5 Å². The van der Waals surface area contributed by atoms with Crippen LogP contribution in [0.1, 0.15) is 23.8 Å². The van der Waals surface area contributed by atoms with Gasteiger partial charge in [0.1, 0.15) is 5.69 Å². The second-order valence-electron chi connectivity index (χ2n) is 5.31. The number of hydrogen-bond acceptors (Lipinski definition) is 4. The maximum absolute atomic E-state index is 12.5. The van der Waals surface area contributed by atoms with Crippen molar-refractivity contribution in [2.45, 2.75) is 19.9 Å². The molecule has 7 nitrogen and oxygen atoms in total. The highest BCUT2D eigenvalue weighted by Gasteiger charge is 2.27. The minimum atomic E-state index is -3.18. The fourth-order valence-electron chi connectivity index (χ4n) is 2.52. The van der Waals surface area contributed by atoms with Crippen molar-refractivity contribution < 1.29 is 13.2 Å². The first-order valence-corrected chi connectivity index (χ1v) is 8.87. The molecule has 2 heterocycles. The smallest absolute Gasteiger partial charge is 0.270 e. The van der Waals surface area contributed by atoms with Gasteiger partial charge in [0.2, 0.25) is 10.0 Å². The topological polar surface area (TPSA) is 88.6 Å². The van der Waals surface area contributed by atoms with Gasteiger partial charge < -0.3 is 15.2 Å². The molecule has 1 aliphatic heterocycles. The Bertz CT molecular complexity index is 615. The Kier molecular flexibility index (Phi) is 4.58. The summed E-state index contributed by atoms with van der Waals surface area (Å²) in [5, 5.41) is 0. The molecule has 0 atom stereocenters. The molecule has 0 aliphatic carbocycles. The van der Waals surface area contributed by atoms with E-state index in [2.05, 4.69) is 0 Å². The Labute approximate surface area is 125 Å². The number of carbonyl (C=O) groups is 1. The lowest BCUT2D eigenvalue weighted by Gasteiger charge is -2.33. The fraction of sp³-hybridized carbons (Fsp3) is 0.615. The van der Waals surface area contributed by atoms with Crippen LogP contribution in [0.5, 0.6) is 0 Å². The molecule has 1 aliphatic rings. The zero-order chi connectivity index (χ0) is 15.6. The van der Waals surface area contributed by atoms with E-state index < -0.39 is 10.0 Å². The Morgan fingerprint density at radius 1 is 1.29 bits per heavy atom. The molecule has 21 heavy (non-hydrogen) atoms. The second-order valence-corrected chi connectivity index (χ2v) is 7.29. The summed E-state index contributed by atoms with van der Waals surface area (Å²) in [6.45, 7) is 4.27. The first-order chi connectivity index (χ1) is 9.82. The summed E-state index contributed by atoms with van der Waals surface area (Å²) >= 11 is 0. The SMILES string of the molecule is CCCn1cc(N)cc1C(=O)N1CCN(S(C)(=O)=O)CC1. The van der Waals surface area contributed by atoms with Crippen LogP contribution in [0.2, 0.25) is 0 Å². The van der Waals surface area contributed by atoms with Gasteiger partial charge in [-0.1, -0.05) is 6.92 Å². The Morgan fingerprint density at radius 2 is 1.90 bits per heavy atom. The van der Waals surface area contributed by atoms with Crippen molar-refractivity contribution in [2.75, 3.05) is 38.2 Å². The average Bonchev–Trinajstić information content (AvgIpc) is 2.78. The third-order valence-electron chi connectivity index (χ3n) is 3.60. The second kappa shape index (κ2) is 6.07. The quantitative estimate of drug-likeness (QED) is 0.859. The number of sulfonamides is 1. The largest absolute Gasteiger partial charge is 0.397 e. The summed E-state index contributed by atoms with van der Waals surface area (Å²) in [5.74, 6) is -0.0895. The van der Waals surface area contributed by atoms with Crippen molar-refractivity contribution in [3.05, 3.63) is 18.0 Å². The molecule has 1 aromatic rings. The van der Waals surface area contributed by atoms with Crippen LogP contribution < -0.4 is 5.73 Å². The first-order valence-electron chi connectivity index (χ1n) is 7.03. The van der Waals surface area contributed by atoms with Gasteiger partial charge in [0.25, 0.3) is 5.91 Å². The molecule has 1 fully saturated rings. The number of hydrogen-bond donors (Lipinski definition) is 1. The lowest BCUT2D eigenvalue weighted by atomic mass is 10.3. The number of nitrogens with zero attached hydrogens (tertiary/aromatic N) is 3. The normalized spacial score (nSPS) is 17.1. The fourth-order valence-corrected chi connectivity index (χ4v) is 3.35. The summed E-state index contributed by atoms with van der Waals surface area (Å²) in [6.07, 6.45) is 3.87. The molecule has 0 radical (unpaired) electrons. The molecule has 2 rings (SSSR count). The Morgan fingerprint density at radius 3 is 2.43 bits per heavy atom. The molecular formula is C13H22N4O3S. The number of amides is 1. The lowest BCUT2D eigenvalue weighted by molar-refractivity contribution is 0.0687. The standard InChI is InChI=1S/C13H22N4O3S/c1-3-4-16-10-11(14)9-12(16)13(18)15-5-7-17(8-6-15)21(2,19)20/h9-10H,3-8,14H2,1-2H3. The van der Waals surface area contributed by atoms with E-state index in [4.69, 9.17) is 5.73 Å². The number of carbonyl (C=O) groups excluding carboxylic acids is 1. The molecule has 118 valence electrons. The van der Waals surface area contributed by atoms with E-state index in [0.717, 1.165) is 13.0 Å². The lowest BCUT2D eigenvalue weighted by Crippen LogP contribution is -2.50. The molecule has 0 saturated carbocycles. The van der Waals surface area contributed by atoms with Gasteiger partial charge in [0.05, 0.1) is 11.9 Å². The molecule has 1 saturated heterocycles. The zero-order valence-corrected chi connectivity index (χ0v) is 13.3. The molecule has 8 heteroatoms. The van der Waals surface area contributed by atoms with Crippen LogP contribution in [0, 0.1) is 0 Å². The highest BCUT2D eigenvalue weighted by molar-refractivity contribution is 7.88. The van der Waals surface area contributed by atoms with Crippen LogP contribution in [0.25, 0.3) is 0 Å². The van der Waals surface area contributed by atoms with E-state index >= 15 is 0 Å². The third-order valence-corrected chi connectivity index (χ3v) is 4.90. The van der Waals surface area contributed by atoms with Crippen molar-refractivity contribution in [1.82, 2.24) is 13.8 Å². The van der Waals surface area contributed by atoms with Crippen molar-refractivity contribution in [3.63, 3.8) is 0 Å². The Balaban J connectivity index is 2.09. The minimum Gasteiger partial charge on any atom is -0.397 e. The minimum absolute atomic E-state index is 0.0895. The predicted molar refractivity (Wildman–Crippen MR) is 81.5 cm³/mol. The van der Waals surface area contributed by atoms with Crippen molar-refractivity contribution >= 4 is 21.6 Å². The van der Waals surface area contributed by atoms with Crippen molar-refractivity contribution in [1.29, 1.82) is 0 Å². The maximum atomic E-state index is 12.5. The zero-order valence-electron chi connectivity index (χ0n) is 12.4. The van der Waals surface area contributed by atoms with Gasteiger partial charge in [-0.25, -0.2) is 8.42 Å². The van der Waals surface area contributed by atoms with E-state index in [-0.39, 0.29) is 5.91 Å². The summed E-state index contributed by atoms with van der Waals surface area (Å²) in [5.41, 5.74) is 6.92. The molecule has 0 spiro atoms. The van der Waals surface area contributed by atoms with Crippen LogP contribution in [0.4, 0.5) is 5.69 Å². The van der Waals surface area contributed by atoms with Crippen LogP contribution >= 0.6 is 0 Å². The number of aryl methyl sites for hydroxylation is 1. The molecule has 1 amide bonds. The maximum Gasteiger partial charge on any atom is 0.270 e. The molecule has 0 unspecified atom stereocenters. The highest BCUT2D eigenvalue weighted by Crippen LogP contribution is 2.16. The molecule has 0 bridgehead atoms. The van der Waals surface area contributed by atoms with Gasteiger partial charge in [-0.15, -0.1) is 0 Å². The number of aromatic nitrogens is 1. The van der Waals surface area contributed by atoms with Crippen molar-refractivity contribution in [2.24, 2.45) is 0 Å². The number of nitrogens with two attached hydrogens (primary N) is 1. The number of nitrogen functional groups attached to an aromatic ring is 1. The van der Waals surface area contributed by atoms with Gasteiger partial charge >= 0.3 is 0 Å². The molecule has 1 aromatic heterocycles. The molecule has 0 aromatic carbocycles. The Hall–Kier alpha value is -1.54. The number of piperazine rings is 1. The van der Waals surface area contributed by atoms with E-state index in [1.807, 2.05) is 11.5 Å². The van der Waals surface area contributed by atoms with E-state index in [0.29, 0.717) is 37.6 Å². The van der Waals surface area contributed by atoms with E-state index in [9.17, 15) is 13.2 Å². The van der Waals surface area contributed by atoms with Crippen LogP contribution in [0.3, 0.4) is 0 Å². The summed E-state index contributed by atoms with van der Waals surface area (Å²) in [6, 6.07) is 1.68. The molecule has 2 N–H and O–H groups in total. The van der Waals surface area contributed by atoms with Gasteiger partial charge in [-0.2, -0.15) is 4.31 Å². The summed E-state index contributed by atoms with van der Waals surface area (Å²) in [7, 11) is -3.18. The van der Waals surface area contributed by atoms with E-state index in [1.165, 1.54) is 10.6 Å². The summed E-state index contributed by atoms with van der Waals surface area (Å²) < 4.78 is 26.2. The van der Waals surface area contributed by atoms with Crippen LogP contribution in [-0.4, -0.2) is 60.5 Å². The summed E-state index contributed by atoms with van der Waals surface area (Å²) in [4.78, 5) is 14.2. The first kappa shape index (κ1) is 15.8. The number of rotatable bonds is 4. The van der Waals surface area contributed by atoms with Gasteiger partial charge in [-0.3, -0.25) is 4.79 Å². The number of anilines is 1. The van der Waals surface area contributed by atoms with Gasteiger partial charge in [0, 0.05) is 38.9 Å². The monoisotopic (exact) mass is 314 g/mol. The third kappa shape index (κ3) is 3.56. The van der Waals surface area contributed by atoms with Crippen molar-refractivity contribution in [3.8, 4) is 0 Å². The predicted octanol–water partition coefficient (Wildman–Crippen LogP) is 0.198. The molecular weight excluding hydrogens is 292 g/mol. The highest BCUT2D eigenvalue weighted by atomic mass is 32.2. The van der Waals surface area contributed by atoms with E-state index in [1.54, 1.807) is 17.2 Å². The average molecular weight is 314 g/mol. The van der Waals surface area contributed by atoms with Crippen LogP contribution in [-0.2, 0) is 16.6 Å². The van der Waals surface area contributed by atoms with Crippen LogP contribution in [0.15, 0.2) is 12.3 Å². The van der Waals surface area contributed by atoms with Gasteiger partial charge in [0.15, 0.2) is 0 Å².